The number of nitrogens with one attached hydrogen (secondary N) is 3. The fourth-order valence-corrected chi connectivity index (χ4v) is 4.47. The number of benzene rings is 1. The van der Waals surface area contributed by atoms with E-state index in [9.17, 15) is 18.8 Å². The Morgan fingerprint density at radius 3 is 2.34 bits per heavy atom. The summed E-state index contributed by atoms with van der Waals surface area (Å²) in [5.74, 6) is -2.17. The molecule has 0 aliphatic carbocycles. The molecule has 0 radical (unpaired) electrons. The van der Waals surface area contributed by atoms with Crippen molar-refractivity contribution in [1.29, 1.82) is 0 Å². The third kappa shape index (κ3) is 6.10. The number of nitrogens with zero attached hydrogens (tertiary/aromatic N) is 2. The van der Waals surface area contributed by atoms with Crippen molar-refractivity contribution < 1.29 is 18.8 Å². The van der Waals surface area contributed by atoms with E-state index < -0.39 is 23.7 Å². The van der Waals surface area contributed by atoms with Crippen molar-refractivity contribution in [3.05, 3.63) is 29.6 Å². The van der Waals surface area contributed by atoms with E-state index in [0.29, 0.717) is 6.04 Å². The maximum atomic E-state index is 14.7. The molecular weight excluding hydrogens is 460 g/mol. The summed E-state index contributed by atoms with van der Waals surface area (Å²) in [5.41, 5.74) is 0.659. The molecule has 178 valence electrons. The van der Waals surface area contributed by atoms with Crippen molar-refractivity contribution in [2.24, 2.45) is 0 Å². The van der Waals surface area contributed by atoms with Crippen LogP contribution in [0.4, 0.5) is 10.1 Å². The Bertz CT molecular complexity index is 830. The fourth-order valence-electron chi connectivity index (χ4n) is 4.47. The monoisotopic (exact) mass is 489 g/mol. The van der Waals surface area contributed by atoms with Crippen LogP contribution in [0.1, 0.15) is 36.0 Å². The summed E-state index contributed by atoms with van der Waals surface area (Å²) >= 11 is 0. The topological polar surface area (TPSA) is 93.8 Å². The van der Waals surface area contributed by atoms with Gasteiger partial charge in [-0.15, -0.1) is 24.8 Å². The minimum atomic E-state index is -0.822. The molecule has 3 fully saturated rings. The zero-order chi connectivity index (χ0) is 21.1. The van der Waals surface area contributed by atoms with Crippen molar-refractivity contribution in [2.45, 2.75) is 37.8 Å². The molecule has 11 heteroatoms. The lowest BCUT2D eigenvalue weighted by molar-refractivity contribution is -0.134. The van der Waals surface area contributed by atoms with Crippen LogP contribution in [0, 0.1) is 5.82 Å². The predicted octanol–water partition coefficient (Wildman–Crippen LogP) is 1.08. The molecule has 0 saturated carbocycles. The molecule has 1 aromatic rings. The van der Waals surface area contributed by atoms with Crippen molar-refractivity contribution in [2.75, 3.05) is 44.2 Å². The molecule has 1 atom stereocenters. The number of piperazine rings is 1. The molecule has 8 nitrogen and oxygen atoms in total. The molecule has 32 heavy (non-hydrogen) atoms. The average molecular weight is 490 g/mol. The van der Waals surface area contributed by atoms with E-state index in [2.05, 4.69) is 25.8 Å². The maximum Gasteiger partial charge on any atom is 0.254 e. The van der Waals surface area contributed by atoms with Crippen LogP contribution >= 0.6 is 24.8 Å². The van der Waals surface area contributed by atoms with Gasteiger partial charge >= 0.3 is 0 Å². The molecule has 0 spiro atoms. The van der Waals surface area contributed by atoms with Crippen molar-refractivity contribution in [3.63, 3.8) is 0 Å². The van der Waals surface area contributed by atoms with Gasteiger partial charge in [0.05, 0.1) is 5.56 Å². The molecule has 1 unspecified atom stereocenters. The Hall–Kier alpha value is -1.94. The van der Waals surface area contributed by atoms with Crippen LogP contribution in [0.5, 0.6) is 0 Å². The first-order valence-electron chi connectivity index (χ1n) is 10.6. The van der Waals surface area contributed by atoms with E-state index in [1.807, 2.05) is 0 Å². The van der Waals surface area contributed by atoms with Crippen molar-refractivity contribution in [1.82, 2.24) is 20.9 Å². The Morgan fingerprint density at radius 2 is 1.72 bits per heavy atom. The zero-order valence-corrected chi connectivity index (χ0v) is 19.4. The largest absolute Gasteiger partial charge is 0.369 e. The summed E-state index contributed by atoms with van der Waals surface area (Å²) in [6.45, 7) is 5.68. The van der Waals surface area contributed by atoms with Crippen molar-refractivity contribution >= 4 is 48.2 Å². The van der Waals surface area contributed by atoms with Crippen LogP contribution in [-0.2, 0) is 9.59 Å². The van der Waals surface area contributed by atoms with E-state index in [1.165, 1.54) is 25.0 Å². The normalized spacial score (nSPS) is 22.4. The molecule has 3 heterocycles. The average Bonchev–Trinajstić information content (AvgIpc) is 2.76. The van der Waals surface area contributed by atoms with E-state index in [1.54, 1.807) is 6.07 Å². The summed E-state index contributed by atoms with van der Waals surface area (Å²) in [6, 6.07) is 4.41. The standard InChI is InChI=1S/C21H28FN5O3.2ClH/c22-17-13-15(27-11-9-26(10-12-27)14-5-7-23-8-6-14)1-2-16(17)20(29)24-18-3-4-19(28)25-21(18)30;;/h1-2,13-14,18,23H,3-12H2,(H,24,29)(H,25,28,30);2*1H. The summed E-state index contributed by atoms with van der Waals surface area (Å²) in [5, 5.41) is 8.09. The minimum Gasteiger partial charge on any atom is -0.369 e. The molecule has 0 aromatic heterocycles. The van der Waals surface area contributed by atoms with Gasteiger partial charge in [-0.25, -0.2) is 4.39 Å². The number of imide groups is 1. The number of carbonyl (C=O) groups excluding carboxylic acids is 3. The van der Waals surface area contributed by atoms with Gasteiger partial charge in [0.25, 0.3) is 5.91 Å². The predicted molar refractivity (Wildman–Crippen MR) is 124 cm³/mol. The molecule has 3 saturated heterocycles. The smallest absolute Gasteiger partial charge is 0.254 e. The molecule has 0 bridgehead atoms. The first kappa shape index (κ1) is 26.3. The molecule has 3 aliphatic heterocycles. The van der Waals surface area contributed by atoms with Gasteiger partial charge in [0.2, 0.25) is 11.8 Å². The highest BCUT2D eigenvalue weighted by atomic mass is 35.5. The molecule has 3 amide bonds. The number of halogens is 3. The second-order valence-corrected chi connectivity index (χ2v) is 8.15. The fraction of sp³-hybridized carbons (Fsp3) is 0.571. The van der Waals surface area contributed by atoms with Gasteiger partial charge in [-0.05, 0) is 50.6 Å². The van der Waals surface area contributed by atoms with Gasteiger partial charge in [0.1, 0.15) is 11.9 Å². The van der Waals surface area contributed by atoms with Gasteiger partial charge in [0.15, 0.2) is 0 Å². The molecule has 3 N–H and O–H groups in total. The molecule has 1 aromatic carbocycles. The van der Waals surface area contributed by atoms with Gasteiger partial charge in [-0.2, -0.15) is 0 Å². The third-order valence-corrected chi connectivity index (χ3v) is 6.25. The lowest BCUT2D eigenvalue weighted by Crippen LogP contribution is -2.53. The summed E-state index contributed by atoms with van der Waals surface area (Å²) in [6.07, 6.45) is 2.72. The zero-order valence-electron chi connectivity index (χ0n) is 17.8. The second kappa shape index (κ2) is 11.8. The van der Waals surface area contributed by atoms with Crippen LogP contribution in [0.15, 0.2) is 18.2 Å². The quantitative estimate of drug-likeness (QED) is 0.548. The van der Waals surface area contributed by atoms with Crippen LogP contribution in [0.25, 0.3) is 0 Å². The minimum absolute atomic E-state index is 0. The highest BCUT2D eigenvalue weighted by Gasteiger charge is 2.29. The highest BCUT2D eigenvalue weighted by molar-refractivity contribution is 6.03. The first-order valence-corrected chi connectivity index (χ1v) is 10.6. The Labute approximate surface area is 199 Å². The Kier molecular flexibility index (Phi) is 9.69. The van der Waals surface area contributed by atoms with Gasteiger partial charge < -0.3 is 15.5 Å². The maximum absolute atomic E-state index is 14.7. The molecule has 4 rings (SSSR count). The summed E-state index contributed by atoms with van der Waals surface area (Å²) in [7, 11) is 0. The number of rotatable bonds is 4. The van der Waals surface area contributed by atoms with Gasteiger partial charge in [0, 0.05) is 44.3 Å². The molecule has 3 aliphatic rings. The van der Waals surface area contributed by atoms with Crippen molar-refractivity contribution in [3.8, 4) is 0 Å². The third-order valence-electron chi connectivity index (χ3n) is 6.25. The highest BCUT2D eigenvalue weighted by Crippen LogP contribution is 2.22. The number of carbonyl (C=O) groups is 3. The van der Waals surface area contributed by atoms with Crippen LogP contribution in [-0.4, -0.2) is 74.0 Å². The van der Waals surface area contributed by atoms with Crippen LogP contribution in [0.2, 0.25) is 0 Å². The Morgan fingerprint density at radius 1 is 1.03 bits per heavy atom. The molecular formula is C21H30Cl2FN5O3. The van der Waals surface area contributed by atoms with Gasteiger partial charge in [-0.1, -0.05) is 0 Å². The second-order valence-electron chi connectivity index (χ2n) is 8.15. The Balaban J connectivity index is 0.00000181. The van der Waals surface area contributed by atoms with E-state index in [-0.39, 0.29) is 49.1 Å². The number of amides is 3. The van der Waals surface area contributed by atoms with E-state index >= 15 is 0 Å². The lowest BCUT2D eigenvalue weighted by atomic mass is 10.0. The number of anilines is 1. The summed E-state index contributed by atoms with van der Waals surface area (Å²) in [4.78, 5) is 40.1. The SMILES string of the molecule is Cl.Cl.O=C1CCC(NC(=O)c2ccc(N3CCN(C4CCNCC4)CC3)cc2F)C(=O)N1. The first-order chi connectivity index (χ1) is 14.5. The van der Waals surface area contributed by atoms with E-state index in [4.69, 9.17) is 0 Å². The number of hydrogen-bond donors (Lipinski definition) is 3. The lowest BCUT2D eigenvalue weighted by Gasteiger charge is -2.41. The van der Waals surface area contributed by atoms with Crippen LogP contribution < -0.4 is 20.9 Å². The number of piperidine rings is 2. The van der Waals surface area contributed by atoms with E-state index in [0.717, 1.165) is 45.0 Å². The van der Waals surface area contributed by atoms with Gasteiger partial charge in [-0.3, -0.25) is 24.6 Å². The summed E-state index contributed by atoms with van der Waals surface area (Å²) < 4.78 is 14.7. The number of hydrogen-bond acceptors (Lipinski definition) is 6. The van der Waals surface area contributed by atoms with Crippen LogP contribution in [0.3, 0.4) is 0 Å².